The number of hydrogen-bond donors (Lipinski definition) is 2. The second-order valence-electron chi connectivity index (χ2n) is 4.97. The average molecular weight is 295 g/mol. The van der Waals surface area contributed by atoms with E-state index >= 15 is 0 Å². The number of aromatic hydroxyl groups is 1. The second kappa shape index (κ2) is 5.54. The molecule has 1 heterocycles. The second-order valence-corrected chi connectivity index (χ2v) is 5.41. The quantitative estimate of drug-likeness (QED) is 0.911. The first-order chi connectivity index (χ1) is 9.40. The molecule has 2 aromatic rings. The number of rotatable bonds is 3. The predicted molar refractivity (Wildman–Crippen MR) is 78.3 cm³/mol. The van der Waals surface area contributed by atoms with Crippen LogP contribution < -0.4 is 11.2 Å². The first-order valence-corrected chi connectivity index (χ1v) is 6.60. The highest BCUT2D eigenvalue weighted by Gasteiger charge is 2.16. The fourth-order valence-electron chi connectivity index (χ4n) is 2.00. The van der Waals surface area contributed by atoms with Crippen molar-refractivity contribution in [2.24, 2.45) is 5.92 Å². The molecule has 0 bridgehead atoms. The van der Waals surface area contributed by atoms with Gasteiger partial charge in [0.2, 0.25) is 5.88 Å². The Bertz CT molecular complexity index is 747. The number of halogens is 1. The maximum atomic E-state index is 11.9. The Morgan fingerprint density at radius 3 is 2.65 bits per heavy atom. The molecule has 2 rings (SSSR count). The van der Waals surface area contributed by atoms with E-state index < -0.39 is 11.2 Å². The van der Waals surface area contributed by atoms with Gasteiger partial charge in [-0.05, 0) is 23.6 Å². The van der Waals surface area contributed by atoms with Crippen LogP contribution in [0.5, 0.6) is 5.88 Å². The van der Waals surface area contributed by atoms with Crippen LogP contribution in [0.15, 0.2) is 33.9 Å². The van der Waals surface area contributed by atoms with E-state index in [2.05, 4.69) is 4.98 Å². The zero-order chi connectivity index (χ0) is 14.9. The number of nitrogens with zero attached hydrogens (tertiary/aromatic N) is 1. The zero-order valence-corrected chi connectivity index (χ0v) is 11.9. The van der Waals surface area contributed by atoms with E-state index in [1.165, 1.54) is 0 Å². The van der Waals surface area contributed by atoms with Gasteiger partial charge in [0.25, 0.3) is 5.56 Å². The van der Waals surface area contributed by atoms with Crippen molar-refractivity contribution in [1.29, 1.82) is 0 Å². The van der Waals surface area contributed by atoms with Gasteiger partial charge in [-0.15, -0.1) is 0 Å². The minimum absolute atomic E-state index is 0.0488. The third kappa shape index (κ3) is 2.77. The summed E-state index contributed by atoms with van der Waals surface area (Å²) in [5.74, 6) is -0.188. The molecule has 0 aliphatic heterocycles. The highest BCUT2D eigenvalue weighted by atomic mass is 35.5. The zero-order valence-electron chi connectivity index (χ0n) is 11.2. The topological polar surface area (TPSA) is 75.1 Å². The SMILES string of the molecule is CC(C)Cn1c(O)c(-c2cccc(Cl)c2)c(=O)[nH]c1=O. The average Bonchev–Trinajstić information content (AvgIpc) is 2.34. The molecule has 0 saturated heterocycles. The smallest absolute Gasteiger partial charge is 0.331 e. The van der Waals surface area contributed by atoms with Gasteiger partial charge in [-0.25, -0.2) is 4.79 Å². The molecule has 0 amide bonds. The molecular weight excluding hydrogens is 280 g/mol. The van der Waals surface area contributed by atoms with Crippen LogP contribution >= 0.6 is 11.6 Å². The molecular formula is C14H15ClN2O3. The lowest BCUT2D eigenvalue weighted by Crippen LogP contribution is -2.32. The number of aromatic nitrogens is 2. The Kier molecular flexibility index (Phi) is 3.99. The van der Waals surface area contributed by atoms with Gasteiger partial charge < -0.3 is 5.11 Å². The predicted octanol–water partition coefficient (Wildman–Crippen LogP) is 2.22. The fourth-order valence-corrected chi connectivity index (χ4v) is 2.19. The van der Waals surface area contributed by atoms with Crippen LogP contribution in [-0.4, -0.2) is 14.7 Å². The molecule has 1 aromatic carbocycles. The van der Waals surface area contributed by atoms with Gasteiger partial charge in [0.1, 0.15) is 5.56 Å². The Morgan fingerprint density at radius 1 is 1.35 bits per heavy atom. The van der Waals surface area contributed by atoms with Gasteiger partial charge >= 0.3 is 5.69 Å². The minimum Gasteiger partial charge on any atom is -0.494 e. The first-order valence-electron chi connectivity index (χ1n) is 6.22. The van der Waals surface area contributed by atoms with Gasteiger partial charge in [0.05, 0.1) is 0 Å². The molecule has 0 radical (unpaired) electrons. The third-order valence-electron chi connectivity index (χ3n) is 2.83. The Balaban J connectivity index is 2.71. The van der Waals surface area contributed by atoms with Gasteiger partial charge in [-0.2, -0.15) is 0 Å². The molecule has 0 unspecified atom stereocenters. The Hall–Kier alpha value is -2.01. The molecule has 5 nitrogen and oxygen atoms in total. The van der Waals surface area contributed by atoms with Gasteiger partial charge in [0.15, 0.2) is 0 Å². The first kappa shape index (κ1) is 14.4. The molecule has 0 fully saturated rings. The summed E-state index contributed by atoms with van der Waals surface area (Å²) < 4.78 is 1.16. The Morgan fingerprint density at radius 2 is 2.05 bits per heavy atom. The van der Waals surface area contributed by atoms with Gasteiger partial charge in [-0.3, -0.25) is 14.3 Å². The fraction of sp³-hybridized carbons (Fsp3) is 0.286. The summed E-state index contributed by atoms with van der Waals surface area (Å²) in [5, 5.41) is 10.7. The number of hydrogen-bond acceptors (Lipinski definition) is 3. The number of aromatic amines is 1. The molecule has 0 aliphatic rings. The molecule has 1 aromatic heterocycles. The van der Waals surface area contributed by atoms with Crippen LogP contribution in [0.1, 0.15) is 13.8 Å². The van der Waals surface area contributed by atoms with Gasteiger partial charge in [0, 0.05) is 11.6 Å². The molecule has 6 heteroatoms. The summed E-state index contributed by atoms with van der Waals surface area (Å²) in [7, 11) is 0. The van der Waals surface area contributed by atoms with Crippen molar-refractivity contribution < 1.29 is 5.11 Å². The van der Waals surface area contributed by atoms with Crippen molar-refractivity contribution in [2.45, 2.75) is 20.4 Å². The summed E-state index contributed by atoms with van der Waals surface area (Å²) in [6.07, 6.45) is 0. The maximum Gasteiger partial charge on any atom is 0.331 e. The van der Waals surface area contributed by atoms with Crippen LogP contribution in [0, 0.1) is 5.92 Å². The molecule has 0 spiro atoms. The van der Waals surface area contributed by atoms with Crippen LogP contribution in [0.25, 0.3) is 11.1 Å². The monoisotopic (exact) mass is 294 g/mol. The summed E-state index contributed by atoms with van der Waals surface area (Å²) in [6.45, 7) is 4.14. The highest BCUT2D eigenvalue weighted by Crippen LogP contribution is 2.26. The third-order valence-corrected chi connectivity index (χ3v) is 3.07. The van der Waals surface area contributed by atoms with Crippen LogP contribution in [0.4, 0.5) is 0 Å². The maximum absolute atomic E-state index is 11.9. The lowest BCUT2D eigenvalue weighted by atomic mass is 10.1. The van der Waals surface area contributed by atoms with Crippen LogP contribution in [0.3, 0.4) is 0 Å². The van der Waals surface area contributed by atoms with E-state index in [-0.39, 0.29) is 17.4 Å². The number of H-pyrrole nitrogens is 1. The summed E-state index contributed by atoms with van der Waals surface area (Å²) >= 11 is 5.89. The van der Waals surface area contributed by atoms with Crippen molar-refractivity contribution in [2.75, 3.05) is 0 Å². The Labute approximate surface area is 120 Å². The summed E-state index contributed by atoms with van der Waals surface area (Å²) in [4.78, 5) is 25.9. The van der Waals surface area contributed by atoms with E-state index in [4.69, 9.17) is 11.6 Å². The largest absolute Gasteiger partial charge is 0.494 e. The van der Waals surface area contributed by atoms with E-state index in [9.17, 15) is 14.7 Å². The molecule has 20 heavy (non-hydrogen) atoms. The van der Waals surface area contributed by atoms with Crippen molar-refractivity contribution >= 4 is 11.6 Å². The minimum atomic E-state index is -0.630. The van der Waals surface area contributed by atoms with Crippen LogP contribution in [0.2, 0.25) is 5.02 Å². The molecule has 0 atom stereocenters. The summed E-state index contributed by atoms with van der Waals surface area (Å²) in [6, 6.07) is 6.56. The molecule has 2 N–H and O–H groups in total. The number of nitrogens with one attached hydrogen (secondary N) is 1. The molecule has 106 valence electrons. The van der Waals surface area contributed by atoms with Crippen molar-refractivity contribution in [3.8, 4) is 17.0 Å². The summed E-state index contributed by atoms with van der Waals surface area (Å²) in [5.41, 5.74) is -0.733. The lowest BCUT2D eigenvalue weighted by molar-refractivity contribution is 0.378. The number of benzene rings is 1. The lowest BCUT2D eigenvalue weighted by Gasteiger charge is -2.13. The normalized spacial score (nSPS) is 11.0. The highest BCUT2D eigenvalue weighted by molar-refractivity contribution is 6.30. The van der Waals surface area contributed by atoms with Crippen molar-refractivity contribution in [3.05, 3.63) is 50.1 Å². The van der Waals surface area contributed by atoms with E-state index in [1.807, 2.05) is 13.8 Å². The molecule has 0 saturated carbocycles. The van der Waals surface area contributed by atoms with E-state index in [0.717, 1.165) is 4.57 Å². The van der Waals surface area contributed by atoms with E-state index in [0.29, 0.717) is 17.1 Å². The standard InChI is InChI=1S/C14H15ClN2O3/c1-8(2)7-17-13(19)11(12(18)16-14(17)20)9-4-3-5-10(15)6-9/h3-6,8,19H,7H2,1-2H3,(H,16,18,20). The van der Waals surface area contributed by atoms with E-state index in [1.54, 1.807) is 24.3 Å². The molecule has 0 aliphatic carbocycles. The van der Waals surface area contributed by atoms with Crippen molar-refractivity contribution in [1.82, 2.24) is 9.55 Å². The van der Waals surface area contributed by atoms with Crippen molar-refractivity contribution in [3.63, 3.8) is 0 Å². The van der Waals surface area contributed by atoms with Crippen LogP contribution in [-0.2, 0) is 6.54 Å². The van der Waals surface area contributed by atoms with Gasteiger partial charge in [-0.1, -0.05) is 37.6 Å².